The molecule has 1 aromatic heterocycles. The van der Waals surface area contributed by atoms with Crippen LogP contribution in [0.25, 0.3) is 10.9 Å². The number of rotatable bonds is 3. The highest BCUT2D eigenvalue weighted by Crippen LogP contribution is 2.22. The Morgan fingerprint density at radius 2 is 1.80 bits per heavy atom. The van der Waals surface area contributed by atoms with E-state index in [9.17, 15) is 0 Å². The van der Waals surface area contributed by atoms with E-state index in [4.69, 9.17) is 5.84 Å². The van der Waals surface area contributed by atoms with E-state index < -0.39 is 0 Å². The molecule has 0 radical (unpaired) electrons. The quantitative estimate of drug-likeness (QED) is 0.562. The van der Waals surface area contributed by atoms with Crippen molar-refractivity contribution in [1.29, 1.82) is 0 Å². The second kappa shape index (κ2) is 5.31. The summed E-state index contributed by atoms with van der Waals surface area (Å²) in [5.74, 6) is 6.35. The van der Waals surface area contributed by atoms with Crippen molar-refractivity contribution in [2.24, 2.45) is 5.84 Å². The number of hydrazine groups is 1. The van der Waals surface area contributed by atoms with Crippen LogP contribution in [-0.2, 0) is 6.42 Å². The van der Waals surface area contributed by atoms with E-state index in [1.807, 2.05) is 18.2 Å². The summed E-state index contributed by atoms with van der Waals surface area (Å²) in [6.45, 7) is 2.09. The lowest BCUT2D eigenvalue weighted by atomic mass is 10.0. The van der Waals surface area contributed by atoms with Gasteiger partial charge in [-0.2, -0.15) is 0 Å². The Balaban J connectivity index is 2.03. The van der Waals surface area contributed by atoms with Crippen molar-refractivity contribution in [2.45, 2.75) is 13.3 Å². The Morgan fingerprint density at radius 3 is 2.55 bits per heavy atom. The molecule has 0 spiro atoms. The van der Waals surface area contributed by atoms with E-state index in [0.29, 0.717) is 0 Å². The predicted octanol–water partition coefficient (Wildman–Crippen LogP) is 3.42. The third-order valence-electron chi connectivity index (χ3n) is 3.45. The van der Waals surface area contributed by atoms with Crippen molar-refractivity contribution in [1.82, 2.24) is 4.98 Å². The molecule has 0 aliphatic carbocycles. The van der Waals surface area contributed by atoms with E-state index in [1.165, 1.54) is 11.1 Å². The summed E-state index contributed by atoms with van der Waals surface area (Å²) in [5, 5.41) is 1.13. The van der Waals surface area contributed by atoms with Crippen LogP contribution in [0.3, 0.4) is 0 Å². The van der Waals surface area contributed by atoms with Gasteiger partial charge >= 0.3 is 0 Å². The first-order chi connectivity index (χ1) is 9.76. The zero-order valence-corrected chi connectivity index (χ0v) is 11.4. The maximum absolute atomic E-state index is 5.61. The number of hydrogen-bond donors (Lipinski definition) is 2. The lowest BCUT2D eigenvalue weighted by molar-refractivity contribution is 1.14. The molecule has 0 unspecified atom stereocenters. The topological polar surface area (TPSA) is 50.9 Å². The summed E-state index contributed by atoms with van der Waals surface area (Å²) >= 11 is 0. The average Bonchev–Trinajstić information content (AvgIpc) is 2.49. The number of nitrogens with two attached hydrogens (primary N) is 1. The maximum atomic E-state index is 5.61. The SMILES string of the molecule is Cc1ccc(Cc2cc3ccccc3nc2NN)cc1. The highest BCUT2D eigenvalue weighted by Gasteiger charge is 2.06. The van der Waals surface area contributed by atoms with Crippen molar-refractivity contribution in [3.05, 3.63) is 71.3 Å². The van der Waals surface area contributed by atoms with Gasteiger partial charge in [0.05, 0.1) is 5.52 Å². The van der Waals surface area contributed by atoms with E-state index in [0.717, 1.165) is 28.7 Å². The van der Waals surface area contributed by atoms with Crippen LogP contribution in [-0.4, -0.2) is 4.98 Å². The Morgan fingerprint density at radius 1 is 1.05 bits per heavy atom. The van der Waals surface area contributed by atoms with Gasteiger partial charge in [-0.1, -0.05) is 48.0 Å². The fourth-order valence-electron chi connectivity index (χ4n) is 2.35. The second-order valence-corrected chi connectivity index (χ2v) is 5.00. The van der Waals surface area contributed by atoms with Gasteiger partial charge in [-0.05, 0) is 24.6 Å². The molecule has 0 aliphatic heterocycles. The van der Waals surface area contributed by atoms with Gasteiger partial charge in [-0.25, -0.2) is 10.8 Å². The van der Waals surface area contributed by atoms with Crippen LogP contribution in [0.15, 0.2) is 54.6 Å². The fraction of sp³-hybridized carbons (Fsp3) is 0.118. The Hall–Kier alpha value is -2.39. The molecule has 3 rings (SSSR count). The summed E-state index contributed by atoms with van der Waals surface area (Å²) in [6, 6.07) is 18.8. The minimum Gasteiger partial charge on any atom is -0.308 e. The first-order valence-corrected chi connectivity index (χ1v) is 6.67. The summed E-state index contributed by atoms with van der Waals surface area (Å²) < 4.78 is 0. The number of fused-ring (bicyclic) bond motifs is 1. The molecule has 3 heteroatoms. The Bertz CT molecular complexity index is 733. The Kier molecular flexibility index (Phi) is 3.35. The van der Waals surface area contributed by atoms with Crippen LogP contribution in [0.4, 0.5) is 5.82 Å². The number of para-hydroxylation sites is 1. The second-order valence-electron chi connectivity index (χ2n) is 5.00. The lowest BCUT2D eigenvalue weighted by Crippen LogP contribution is -2.11. The maximum Gasteiger partial charge on any atom is 0.144 e. The van der Waals surface area contributed by atoms with Crippen LogP contribution in [0.2, 0.25) is 0 Å². The third-order valence-corrected chi connectivity index (χ3v) is 3.45. The average molecular weight is 263 g/mol. The molecule has 3 N–H and O–H groups in total. The number of nitrogen functional groups attached to an aromatic ring is 1. The molecular formula is C17H17N3. The molecule has 0 bridgehead atoms. The van der Waals surface area contributed by atoms with Crippen LogP contribution in [0.5, 0.6) is 0 Å². The van der Waals surface area contributed by atoms with Gasteiger partial charge in [-0.3, -0.25) is 0 Å². The molecule has 0 aliphatic rings. The molecule has 2 aromatic carbocycles. The van der Waals surface area contributed by atoms with Crippen LogP contribution in [0, 0.1) is 6.92 Å². The van der Waals surface area contributed by atoms with Gasteiger partial charge in [0.2, 0.25) is 0 Å². The van der Waals surface area contributed by atoms with Crippen molar-refractivity contribution in [3.63, 3.8) is 0 Å². The number of nitrogens with zero attached hydrogens (tertiary/aromatic N) is 1. The van der Waals surface area contributed by atoms with Gasteiger partial charge in [-0.15, -0.1) is 0 Å². The van der Waals surface area contributed by atoms with Gasteiger partial charge in [0.25, 0.3) is 0 Å². The zero-order valence-electron chi connectivity index (χ0n) is 11.4. The number of nitrogens with one attached hydrogen (secondary N) is 1. The van der Waals surface area contributed by atoms with E-state index in [-0.39, 0.29) is 0 Å². The van der Waals surface area contributed by atoms with Crippen LogP contribution < -0.4 is 11.3 Å². The van der Waals surface area contributed by atoms with E-state index in [1.54, 1.807) is 0 Å². The highest BCUT2D eigenvalue weighted by atomic mass is 15.2. The van der Waals surface area contributed by atoms with E-state index >= 15 is 0 Å². The van der Waals surface area contributed by atoms with Crippen LogP contribution in [0.1, 0.15) is 16.7 Å². The molecule has 3 nitrogen and oxygen atoms in total. The largest absolute Gasteiger partial charge is 0.308 e. The summed E-state index contributed by atoms with van der Waals surface area (Å²) in [4.78, 5) is 4.57. The molecule has 0 amide bonds. The molecule has 0 atom stereocenters. The smallest absolute Gasteiger partial charge is 0.144 e. The minimum atomic E-state index is 0.740. The minimum absolute atomic E-state index is 0.740. The standard InChI is InChI=1S/C17H17N3/c1-12-6-8-13(9-7-12)10-15-11-14-4-2-3-5-16(14)19-17(15)20-18/h2-9,11H,10,18H2,1H3,(H,19,20). The summed E-state index contributed by atoms with van der Waals surface area (Å²) in [7, 11) is 0. The molecular weight excluding hydrogens is 246 g/mol. The molecule has 0 fully saturated rings. The predicted molar refractivity (Wildman–Crippen MR) is 83.5 cm³/mol. The lowest BCUT2D eigenvalue weighted by Gasteiger charge is -2.10. The van der Waals surface area contributed by atoms with Gasteiger partial charge in [0, 0.05) is 17.4 Å². The number of aryl methyl sites for hydroxylation is 1. The molecule has 0 saturated heterocycles. The molecule has 1 heterocycles. The number of hydrogen-bond acceptors (Lipinski definition) is 3. The van der Waals surface area contributed by atoms with Crippen molar-refractivity contribution in [2.75, 3.05) is 5.43 Å². The normalized spacial score (nSPS) is 10.7. The molecule has 0 saturated carbocycles. The number of anilines is 1. The van der Waals surface area contributed by atoms with Crippen molar-refractivity contribution < 1.29 is 0 Å². The van der Waals surface area contributed by atoms with Gasteiger partial charge in [0.1, 0.15) is 5.82 Å². The Labute approximate surface area is 118 Å². The zero-order chi connectivity index (χ0) is 13.9. The number of aromatic nitrogens is 1. The first kappa shape index (κ1) is 12.6. The summed E-state index contributed by atoms with van der Waals surface area (Å²) in [6.07, 6.45) is 0.817. The number of pyridine rings is 1. The highest BCUT2D eigenvalue weighted by molar-refractivity contribution is 5.81. The van der Waals surface area contributed by atoms with Gasteiger partial charge in [0.15, 0.2) is 0 Å². The fourth-order valence-corrected chi connectivity index (χ4v) is 2.35. The monoisotopic (exact) mass is 263 g/mol. The van der Waals surface area contributed by atoms with Crippen molar-refractivity contribution >= 4 is 16.7 Å². The third kappa shape index (κ3) is 2.49. The van der Waals surface area contributed by atoms with Gasteiger partial charge < -0.3 is 5.43 Å². The molecule has 100 valence electrons. The number of benzene rings is 2. The first-order valence-electron chi connectivity index (χ1n) is 6.67. The summed E-state index contributed by atoms with van der Waals surface area (Å²) in [5.41, 5.74) is 7.29. The van der Waals surface area contributed by atoms with E-state index in [2.05, 4.69) is 53.7 Å². The van der Waals surface area contributed by atoms with Crippen molar-refractivity contribution in [3.8, 4) is 0 Å². The van der Waals surface area contributed by atoms with Crippen LogP contribution >= 0.6 is 0 Å². The molecule has 3 aromatic rings. The molecule has 20 heavy (non-hydrogen) atoms.